The monoisotopic (exact) mass is 475 g/mol. The number of rotatable bonds is 7. The van der Waals surface area contributed by atoms with Crippen LogP contribution in [0.25, 0.3) is 0 Å². The second kappa shape index (κ2) is 11.5. The van der Waals surface area contributed by atoms with Crippen LogP contribution in [0.3, 0.4) is 0 Å². The molecule has 178 valence electrons. The van der Waals surface area contributed by atoms with Gasteiger partial charge in [-0.15, -0.1) is 0 Å². The van der Waals surface area contributed by atoms with Crippen LogP contribution in [-0.2, 0) is 16.1 Å². The Labute approximate surface area is 199 Å². The van der Waals surface area contributed by atoms with Gasteiger partial charge in [-0.05, 0) is 56.2 Å². The van der Waals surface area contributed by atoms with Crippen LogP contribution < -0.4 is 5.32 Å². The molecule has 0 spiro atoms. The molecule has 3 atom stereocenters. The summed E-state index contributed by atoms with van der Waals surface area (Å²) >= 11 is 6.00. The highest BCUT2D eigenvalue weighted by Gasteiger charge is 2.33. The third-order valence-corrected chi connectivity index (χ3v) is 6.20. The topological polar surface area (TPSA) is 61.9 Å². The lowest BCUT2D eigenvalue weighted by molar-refractivity contribution is -0.137. The molecule has 1 saturated heterocycles. The summed E-state index contributed by atoms with van der Waals surface area (Å²) in [6.07, 6.45) is -0.439. The number of amides is 2. The molecular weight excluding hydrogens is 445 g/mol. The quantitative estimate of drug-likeness (QED) is 0.626. The van der Waals surface area contributed by atoms with Crippen LogP contribution in [0.1, 0.15) is 44.4 Å². The van der Waals surface area contributed by atoms with Gasteiger partial charge in [-0.25, -0.2) is 9.18 Å². The molecule has 1 aliphatic heterocycles. The molecule has 0 aromatic heterocycles. The molecule has 1 N–H and O–H groups in total. The van der Waals surface area contributed by atoms with Crippen molar-refractivity contribution >= 4 is 23.6 Å². The smallest absolute Gasteiger partial charge is 0.407 e. The van der Waals surface area contributed by atoms with Crippen molar-refractivity contribution in [1.82, 2.24) is 15.1 Å². The zero-order chi connectivity index (χ0) is 24.0. The molecule has 1 aliphatic rings. The Morgan fingerprint density at radius 1 is 1.09 bits per heavy atom. The van der Waals surface area contributed by atoms with E-state index in [0.717, 1.165) is 11.1 Å². The van der Waals surface area contributed by atoms with Gasteiger partial charge >= 0.3 is 6.09 Å². The van der Waals surface area contributed by atoms with Gasteiger partial charge in [0.2, 0.25) is 5.91 Å². The Morgan fingerprint density at radius 2 is 1.76 bits per heavy atom. The van der Waals surface area contributed by atoms with E-state index in [1.165, 1.54) is 12.1 Å². The molecule has 0 saturated carbocycles. The highest BCUT2D eigenvalue weighted by molar-refractivity contribution is 6.30. The fourth-order valence-electron chi connectivity index (χ4n) is 4.14. The van der Waals surface area contributed by atoms with Crippen molar-refractivity contribution in [3.8, 4) is 0 Å². The average Bonchev–Trinajstić information content (AvgIpc) is 2.77. The average molecular weight is 476 g/mol. The number of nitrogens with zero attached hydrogens (tertiary/aromatic N) is 2. The second-order valence-electron chi connectivity index (χ2n) is 8.47. The molecule has 2 aromatic rings. The lowest BCUT2D eigenvalue weighted by atomic mass is 10.0. The summed E-state index contributed by atoms with van der Waals surface area (Å²) in [5.74, 6) is -0.283. The van der Waals surface area contributed by atoms with Crippen molar-refractivity contribution in [2.75, 3.05) is 19.7 Å². The number of benzene rings is 2. The molecular formula is C25H31ClFN3O3. The van der Waals surface area contributed by atoms with E-state index in [0.29, 0.717) is 24.7 Å². The molecule has 1 unspecified atom stereocenters. The first kappa shape index (κ1) is 25.0. The van der Waals surface area contributed by atoms with Crippen LogP contribution in [0.5, 0.6) is 0 Å². The fraction of sp³-hybridized carbons (Fsp3) is 0.440. The number of carbonyl (C=O) groups excluding carboxylic acids is 2. The molecule has 2 aromatic carbocycles. The van der Waals surface area contributed by atoms with Crippen molar-refractivity contribution in [2.24, 2.45) is 0 Å². The van der Waals surface area contributed by atoms with Crippen LogP contribution in [0.15, 0.2) is 48.5 Å². The van der Waals surface area contributed by atoms with E-state index in [1.54, 1.807) is 43.3 Å². The number of hydrogen-bond acceptors (Lipinski definition) is 4. The summed E-state index contributed by atoms with van der Waals surface area (Å²) in [7, 11) is 0. The standard InChI is InChI=1S/C25H31ClFN3O3/c1-4-33-25(32)28-23(20-7-9-21(26)10-8-20)13-24(31)30-15-17(2)29(14-18(30)3)16-19-5-11-22(27)12-6-19/h5-12,17-18,23H,4,13-16H2,1-3H3,(H,28,32)/t17-,18+,23?/m1/s1. The first-order chi connectivity index (χ1) is 15.8. The molecule has 6 nitrogen and oxygen atoms in total. The van der Waals surface area contributed by atoms with E-state index in [2.05, 4.69) is 17.1 Å². The van der Waals surface area contributed by atoms with Crippen LogP contribution in [-0.4, -0.2) is 53.6 Å². The van der Waals surface area contributed by atoms with Gasteiger partial charge in [0.25, 0.3) is 0 Å². The zero-order valence-corrected chi connectivity index (χ0v) is 20.0. The SMILES string of the molecule is CCOC(=O)NC(CC(=O)N1C[C@@H](C)N(Cc2ccc(F)cc2)C[C@@H]1C)c1ccc(Cl)cc1. The van der Waals surface area contributed by atoms with E-state index in [9.17, 15) is 14.0 Å². The van der Waals surface area contributed by atoms with Gasteiger partial charge < -0.3 is 15.0 Å². The predicted molar refractivity (Wildman–Crippen MR) is 126 cm³/mol. The summed E-state index contributed by atoms with van der Waals surface area (Å²) in [6.45, 7) is 8.08. The Balaban J connectivity index is 1.67. The van der Waals surface area contributed by atoms with E-state index < -0.39 is 12.1 Å². The lowest BCUT2D eigenvalue weighted by Crippen LogP contribution is -2.58. The minimum absolute atomic E-state index is 0.00242. The Bertz CT molecular complexity index is 939. The number of hydrogen-bond donors (Lipinski definition) is 1. The van der Waals surface area contributed by atoms with Crippen molar-refractivity contribution in [3.05, 3.63) is 70.5 Å². The summed E-state index contributed by atoms with van der Waals surface area (Å²) in [4.78, 5) is 29.6. The minimum Gasteiger partial charge on any atom is -0.450 e. The summed E-state index contributed by atoms with van der Waals surface area (Å²) in [5, 5.41) is 3.39. The lowest BCUT2D eigenvalue weighted by Gasteiger charge is -2.44. The maximum atomic E-state index is 13.3. The van der Waals surface area contributed by atoms with Crippen LogP contribution in [0, 0.1) is 5.82 Å². The predicted octanol–water partition coefficient (Wildman–Crippen LogP) is 4.78. The molecule has 0 aliphatic carbocycles. The summed E-state index contributed by atoms with van der Waals surface area (Å²) < 4.78 is 18.2. The Hall–Kier alpha value is -2.64. The molecule has 1 heterocycles. The number of carbonyl (C=O) groups is 2. The van der Waals surface area contributed by atoms with E-state index in [4.69, 9.17) is 16.3 Å². The Morgan fingerprint density at radius 3 is 2.39 bits per heavy atom. The van der Waals surface area contributed by atoms with Gasteiger partial charge in [-0.2, -0.15) is 0 Å². The molecule has 3 rings (SSSR count). The normalized spacial score (nSPS) is 19.7. The van der Waals surface area contributed by atoms with Gasteiger partial charge in [0.05, 0.1) is 19.1 Å². The highest BCUT2D eigenvalue weighted by Crippen LogP contribution is 2.24. The number of piperazine rings is 1. The number of alkyl carbamates (subject to hydrolysis) is 1. The van der Waals surface area contributed by atoms with Crippen LogP contribution >= 0.6 is 11.6 Å². The van der Waals surface area contributed by atoms with Crippen molar-refractivity contribution in [2.45, 2.75) is 51.9 Å². The molecule has 8 heteroatoms. The fourth-order valence-corrected chi connectivity index (χ4v) is 4.27. The van der Waals surface area contributed by atoms with Gasteiger partial charge in [0, 0.05) is 36.7 Å². The van der Waals surface area contributed by atoms with Gasteiger partial charge in [-0.1, -0.05) is 35.9 Å². The third kappa shape index (κ3) is 6.92. The number of ether oxygens (including phenoxy) is 1. The third-order valence-electron chi connectivity index (χ3n) is 5.95. The maximum Gasteiger partial charge on any atom is 0.407 e. The maximum absolute atomic E-state index is 13.3. The molecule has 33 heavy (non-hydrogen) atoms. The summed E-state index contributed by atoms with van der Waals surface area (Å²) in [6, 6.07) is 13.2. The largest absolute Gasteiger partial charge is 0.450 e. The number of nitrogens with one attached hydrogen (secondary N) is 1. The molecule has 0 radical (unpaired) electrons. The van der Waals surface area contributed by atoms with Crippen molar-refractivity contribution < 1.29 is 18.7 Å². The van der Waals surface area contributed by atoms with E-state index in [-0.39, 0.29) is 36.8 Å². The summed E-state index contributed by atoms with van der Waals surface area (Å²) in [5.41, 5.74) is 1.83. The van der Waals surface area contributed by atoms with Crippen molar-refractivity contribution in [1.29, 1.82) is 0 Å². The number of halogens is 2. The zero-order valence-electron chi connectivity index (χ0n) is 19.3. The minimum atomic E-state index is -0.559. The molecule has 2 amide bonds. The van der Waals surface area contributed by atoms with E-state index >= 15 is 0 Å². The van der Waals surface area contributed by atoms with Crippen LogP contribution in [0.4, 0.5) is 9.18 Å². The van der Waals surface area contributed by atoms with E-state index in [1.807, 2.05) is 11.8 Å². The molecule has 1 fully saturated rings. The van der Waals surface area contributed by atoms with Gasteiger partial charge in [-0.3, -0.25) is 9.69 Å². The highest BCUT2D eigenvalue weighted by atomic mass is 35.5. The van der Waals surface area contributed by atoms with Gasteiger partial charge in [0.15, 0.2) is 0 Å². The van der Waals surface area contributed by atoms with Gasteiger partial charge in [0.1, 0.15) is 5.82 Å². The first-order valence-corrected chi connectivity index (χ1v) is 11.6. The van der Waals surface area contributed by atoms with Crippen LogP contribution in [0.2, 0.25) is 5.02 Å². The second-order valence-corrected chi connectivity index (χ2v) is 8.91. The molecule has 0 bridgehead atoms. The Kier molecular flexibility index (Phi) is 8.69. The van der Waals surface area contributed by atoms with Crippen molar-refractivity contribution in [3.63, 3.8) is 0 Å². The first-order valence-electron chi connectivity index (χ1n) is 11.2.